The quantitative estimate of drug-likeness (QED) is 0.606. The van der Waals surface area contributed by atoms with E-state index in [0.29, 0.717) is 12.5 Å². The maximum atomic E-state index is 6.12. The Morgan fingerprint density at radius 3 is 2.44 bits per heavy atom. The summed E-state index contributed by atoms with van der Waals surface area (Å²) in [4.78, 5) is 7.02. The van der Waals surface area contributed by atoms with E-state index in [2.05, 4.69) is 46.4 Å². The molecular weight excluding hydrogens is 340 g/mol. The molecule has 0 bridgehead atoms. The highest BCUT2D eigenvalue weighted by atomic mass is 16.5. The number of anilines is 1. The summed E-state index contributed by atoms with van der Waals surface area (Å²) in [7, 11) is 1.65. The number of morpholine rings is 1. The van der Waals surface area contributed by atoms with Crippen LogP contribution in [-0.2, 0) is 4.74 Å². The number of hydrogen-bond donors (Lipinski definition) is 2. The van der Waals surface area contributed by atoms with Gasteiger partial charge in [-0.3, -0.25) is 9.89 Å². The summed E-state index contributed by atoms with van der Waals surface area (Å²) in [6, 6.07) is 16.4. The number of nitrogens with one attached hydrogen (secondary N) is 1. The third kappa shape index (κ3) is 5.45. The van der Waals surface area contributed by atoms with Gasteiger partial charge in [-0.2, -0.15) is 0 Å². The summed E-state index contributed by atoms with van der Waals surface area (Å²) < 4.78 is 10.7. The Morgan fingerprint density at radius 2 is 1.81 bits per heavy atom. The lowest BCUT2D eigenvalue weighted by molar-refractivity contribution is 0.0180. The van der Waals surface area contributed by atoms with E-state index in [0.717, 1.165) is 37.7 Å². The molecule has 2 aromatic rings. The average Bonchev–Trinajstić information content (AvgIpc) is 2.71. The number of ether oxygens (including phenoxy) is 2. The summed E-state index contributed by atoms with van der Waals surface area (Å²) in [6.45, 7) is 6.01. The van der Waals surface area contributed by atoms with Gasteiger partial charge in [-0.25, -0.2) is 0 Å². The first-order chi connectivity index (χ1) is 13.2. The fraction of sp³-hybridized carbons (Fsp3) is 0.381. The molecule has 1 fully saturated rings. The SMILES string of the molecule is COc1ccc(NC(N)=NCC(c2ccc(C)cc2)N2CCOCC2)cc1. The van der Waals surface area contributed by atoms with Crippen LogP contribution in [0.5, 0.6) is 5.75 Å². The maximum Gasteiger partial charge on any atom is 0.193 e. The summed E-state index contributed by atoms with van der Waals surface area (Å²) in [5.74, 6) is 1.22. The molecule has 0 amide bonds. The highest BCUT2D eigenvalue weighted by Crippen LogP contribution is 2.23. The van der Waals surface area contributed by atoms with Gasteiger partial charge in [-0.1, -0.05) is 29.8 Å². The Balaban J connectivity index is 1.70. The molecule has 0 aliphatic carbocycles. The first kappa shape index (κ1) is 19.2. The van der Waals surface area contributed by atoms with Crippen LogP contribution in [-0.4, -0.2) is 50.8 Å². The van der Waals surface area contributed by atoms with E-state index in [4.69, 9.17) is 15.2 Å². The van der Waals surface area contributed by atoms with Crippen LogP contribution in [0.15, 0.2) is 53.5 Å². The minimum atomic E-state index is 0.186. The van der Waals surface area contributed by atoms with Gasteiger partial charge < -0.3 is 20.5 Å². The lowest BCUT2D eigenvalue weighted by Crippen LogP contribution is -2.40. The second kappa shape index (κ2) is 9.39. The molecule has 0 spiro atoms. The molecule has 1 saturated heterocycles. The van der Waals surface area contributed by atoms with Crippen molar-refractivity contribution in [2.75, 3.05) is 45.3 Å². The van der Waals surface area contributed by atoms with Gasteiger partial charge in [0.05, 0.1) is 32.9 Å². The largest absolute Gasteiger partial charge is 0.497 e. The molecule has 0 radical (unpaired) electrons. The molecule has 1 aliphatic rings. The molecule has 1 atom stereocenters. The maximum absolute atomic E-state index is 6.12. The predicted octanol–water partition coefficient (Wildman–Crippen LogP) is 2.80. The number of benzene rings is 2. The molecule has 0 aromatic heterocycles. The van der Waals surface area contributed by atoms with Gasteiger partial charge >= 0.3 is 0 Å². The fourth-order valence-corrected chi connectivity index (χ4v) is 3.16. The summed E-state index contributed by atoms with van der Waals surface area (Å²) in [6.07, 6.45) is 0. The number of guanidine groups is 1. The Labute approximate surface area is 161 Å². The van der Waals surface area contributed by atoms with Crippen molar-refractivity contribution in [1.29, 1.82) is 0 Å². The van der Waals surface area contributed by atoms with Gasteiger partial charge in [0.15, 0.2) is 5.96 Å². The number of aliphatic imine (C=N–C) groups is 1. The monoisotopic (exact) mass is 368 g/mol. The predicted molar refractivity (Wildman–Crippen MR) is 109 cm³/mol. The molecule has 2 aromatic carbocycles. The molecule has 144 valence electrons. The molecule has 6 nitrogen and oxygen atoms in total. The first-order valence-electron chi connectivity index (χ1n) is 9.25. The van der Waals surface area contributed by atoms with E-state index in [9.17, 15) is 0 Å². The lowest BCUT2D eigenvalue weighted by atomic mass is 10.0. The summed E-state index contributed by atoms with van der Waals surface area (Å²) in [5.41, 5.74) is 9.51. The Morgan fingerprint density at radius 1 is 1.15 bits per heavy atom. The van der Waals surface area contributed by atoms with Gasteiger partial charge in [-0.15, -0.1) is 0 Å². The van der Waals surface area contributed by atoms with Gasteiger partial charge in [0.2, 0.25) is 0 Å². The second-order valence-electron chi connectivity index (χ2n) is 6.65. The Hall–Kier alpha value is -2.57. The topological polar surface area (TPSA) is 72.1 Å². The minimum Gasteiger partial charge on any atom is -0.497 e. The van der Waals surface area contributed by atoms with Crippen molar-refractivity contribution in [3.63, 3.8) is 0 Å². The van der Waals surface area contributed by atoms with Crippen LogP contribution in [0.2, 0.25) is 0 Å². The zero-order chi connectivity index (χ0) is 19.1. The number of rotatable bonds is 6. The number of aryl methyl sites for hydroxylation is 1. The van der Waals surface area contributed by atoms with E-state index in [1.807, 2.05) is 24.3 Å². The Bertz CT molecular complexity index is 738. The Kier molecular flexibility index (Phi) is 6.68. The standard InChI is InChI=1S/C21H28N4O2/c1-16-3-5-17(6-4-16)20(25-11-13-27-14-12-25)15-23-21(22)24-18-7-9-19(26-2)10-8-18/h3-10,20H,11-15H2,1-2H3,(H3,22,23,24). The second-order valence-corrected chi connectivity index (χ2v) is 6.65. The molecule has 1 unspecified atom stereocenters. The van der Waals surface area contributed by atoms with Crippen LogP contribution in [0.3, 0.4) is 0 Å². The van der Waals surface area contributed by atoms with Gasteiger partial charge in [0.1, 0.15) is 5.75 Å². The van der Waals surface area contributed by atoms with E-state index >= 15 is 0 Å². The van der Waals surface area contributed by atoms with Crippen LogP contribution in [0, 0.1) is 6.92 Å². The van der Waals surface area contributed by atoms with Crippen LogP contribution in [0.1, 0.15) is 17.2 Å². The summed E-state index contributed by atoms with van der Waals surface area (Å²) in [5, 5.41) is 3.14. The lowest BCUT2D eigenvalue weighted by Gasteiger charge is -2.34. The number of nitrogens with two attached hydrogens (primary N) is 1. The van der Waals surface area contributed by atoms with Crippen LogP contribution >= 0.6 is 0 Å². The van der Waals surface area contributed by atoms with Crippen molar-refractivity contribution in [3.8, 4) is 5.75 Å². The average molecular weight is 368 g/mol. The van der Waals surface area contributed by atoms with Crippen molar-refractivity contribution < 1.29 is 9.47 Å². The van der Waals surface area contributed by atoms with E-state index in [1.54, 1.807) is 7.11 Å². The van der Waals surface area contributed by atoms with Crippen LogP contribution in [0.25, 0.3) is 0 Å². The molecule has 3 rings (SSSR count). The van der Waals surface area contributed by atoms with Crippen molar-refractivity contribution >= 4 is 11.6 Å². The van der Waals surface area contributed by atoms with E-state index < -0.39 is 0 Å². The van der Waals surface area contributed by atoms with Crippen LogP contribution < -0.4 is 15.8 Å². The van der Waals surface area contributed by atoms with Gasteiger partial charge in [-0.05, 0) is 36.8 Å². The van der Waals surface area contributed by atoms with Crippen LogP contribution in [0.4, 0.5) is 5.69 Å². The smallest absolute Gasteiger partial charge is 0.193 e. The molecule has 27 heavy (non-hydrogen) atoms. The zero-order valence-electron chi connectivity index (χ0n) is 16.0. The highest BCUT2D eigenvalue weighted by Gasteiger charge is 2.22. The van der Waals surface area contributed by atoms with Crippen molar-refractivity contribution in [1.82, 2.24) is 4.90 Å². The van der Waals surface area contributed by atoms with Gasteiger partial charge in [0.25, 0.3) is 0 Å². The van der Waals surface area contributed by atoms with E-state index in [-0.39, 0.29) is 6.04 Å². The number of methoxy groups -OCH3 is 1. The highest BCUT2D eigenvalue weighted by molar-refractivity contribution is 5.92. The molecular formula is C21H28N4O2. The normalized spacial score (nSPS) is 16.7. The van der Waals surface area contributed by atoms with Crippen molar-refractivity contribution in [2.24, 2.45) is 10.7 Å². The first-order valence-corrected chi connectivity index (χ1v) is 9.25. The van der Waals surface area contributed by atoms with Crippen molar-refractivity contribution in [3.05, 3.63) is 59.7 Å². The third-order valence-electron chi connectivity index (χ3n) is 4.75. The zero-order valence-corrected chi connectivity index (χ0v) is 16.0. The van der Waals surface area contributed by atoms with Crippen molar-refractivity contribution in [2.45, 2.75) is 13.0 Å². The number of hydrogen-bond acceptors (Lipinski definition) is 4. The third-order valence-corrected chi connectivity index (χ3v) is 4.75. The van der Waals surface area contributed by atoms with E-state index in [1.165, 1.54) is 11.1 Å². The fourth-order valence-electron chi connectivity index (χ4n) is 3.16. The number of nitrogens with zero attached hydrogens (tertiary/aromatic N) is 2. The molecule has 1 aliphatic heterocycles. The molecule has 6 heteroatoms. The molecule has 1 heterocycles. The summed E-state index contributed by atoms with van der Waals surface area (Å²) >= 11 is 0. The molecule has 0 saturated carbocycles. The van der Waals surface area contributed by atoms with Gasteiger partial charge in [0, 0.05) is 18.8 Å². The molecule has 3 N–H and O–H groups in total. The minimum absolute atomic E-state index is 0.186.